The number of carbonyl (C=O) groups is 3. The third-order valence-corrected chi connectivity index (χ3v) is 4.03. The van der Waals surface area contributed by atoms with Gasteiger partial charge in [0.1, 0.15) is 12.3 Å². The molecule has 2 rings (SSSR count). The highest BCUT2D eigenvalue weighted by Gasteiger charge is 2.24. The number of esters is 1. The van der Waals surface area contributed by atoms with Crippen molar-refractivity contribution >= 4 is 23.5 Å². The highest BCUT2D eigenvalue weighted by molar-refractivity contribution is 5.98. The second-order valence-electron chi connectivity index (χ2n) is 5.96. The Balaban J connectivity index is 1.89. The highest BCUT2D eigenvalue weighted by atomic mass is 16.5. The molecule has 0 bridgehead atoms. The van der Waals surface area contributed by atoms with Crippen LogP contribution in [0.2, 0.25) is 0 Å². The third-order valence-electron chi connectivity index (χ3n) is 4.03. The van der Waals surface area contributed by atoms with Crippen LogP contribution in [0.15, 0.2) is 54.6 Å². The molecule has 0 heterocycles. The van der Waals surface area contributed by atoms with Gasteiger partial charge in [0.2, 0.25) is 0 Å². The second kappa shape index (κ2) is 10.1. The minimum absolute atomic E-state index is 0.332. The molecule has 7 nitrogen and oxygen atoms in total. The predicted molar refractivity (Wildman–Crippen MR) is 105 cm³/mol. The van der Waals surface area contributed by atoms with Crippen LogP contribution in [-0.2, 0) is 14.3 Å². The lowest BCUT2D eigenvalue weighted by Gasteiger charge is -2.24. The Labute approximate surface area is 164 Å². The maximum atomic E-state index is 12.6. The average molecular weight is 384 g/mol. The van der Waals surface area contributed by atoms with Crippen LogP contribution >= 0.6 is 0 Å². The van der Waals surface area contributed by atoms with Gasteiger partial charge in [-0.05, 0) is 44.2 Å². The molecular weight excluding hydrogens is 360 g/mol. The van der Waals surface area contributed by atoms with Crippen LogP contribution in [0.4, 0.5) is 5.69 Å². The Hall–Kier alpha value is -3.35. The molecule has 0 fully saturated rings. The number of anilines is 1. The summed E-state index contributed by atoms with van der Waals surface area (Å²) in [5.74, 6) is -0.924. The average Bonchev–Trinajstić information content (AvgIpc) is 2.73. The van der Waals surface area contributed by atoms with Crippen molar-refractivity contribution < 1.29 is 23.9 Å². The molecule has 0 spiro atoms. The Kier molecular flexibility index (Phi) is 7.56. The van der Waals surface area contributed by atoms with E-state index in [2.05, 4.69) is 5.32 Å². The second-order valence-corrected chi connectivity index (χ2v) is 5.96. The van der Waals surface area contributed by atoms with Gasteiger partial charge in [0.05, 0.1) is 7.11 Å². The van der Waals surface area contributed by atoms with Gasteiger partial charge in [-0.25, -0.2) is 0 Å². The summed E-state index contributed by atoms with van der Waals surface area (Å²) in [6.07, 6.45) is -0.971. The zero-order valence-corrected chi connectivity index (χ0v) is 16.2. The molecule has 0 aliphatic rings. The van der Waals surface area contributed by atoms with E-state index in [1.165, 1.54) is 18.9 Å². The number of carbonyl (C=O) groups excluding carboxylic acids is 3. The van der Waals surface area contributed by atoms with Crippen molar-refractivity contribution in [3.63, 3.8) is 0 Å². The topological polar surface area (TPSA) is 84.9 Å². The summed E-state index contributed by atoms with van der Waals surface area (Å²) in [5, 5.41) is 2.48. The molecule has 0 aliphatic carbocycles. The molecule has 28 heavy (non-hydrogen) atoms. The lowest BCUT2D eigenvalue weighted by Crippen LogP contribution is -2.41. The number of para-hydroxylation sites is 1. The first-order chi connectivity index (χ1) is 13.5. The van der Waals surface area contributed by atoms with Gasteiger partial charge in [-0.3, -0.25) is 14.4 Å². The number of likely N-dealkylation sites (N-methyl/N-ethyl adjacent to an activating group) is 1. The van der Waals surface area contributed by atoms with E-state index in [4.69, 9.17) is 9.47 Å². The Morgan fingerprint density at radius 3 is 2.43 bits per heavy atom. The number of ether oxygens (including phenoxy) is 2. The first-order valence-corrected chi connectivity index (χ1v) is 8.94. The van der Waals surface area contributed by atoms with Crippen molar-refractivity contribution in [3.8, 4) is 5.75 Å². The fourth-order valence-corrected chi connectivity index (χ4v) is 2.60. The van der Waals surface area contributed by atoms with Crippen molar-refractivity contribution in [2.45, 2.75) is 20.0 Å². The van der Waals surface area contributed by atoms with Gasteiger partial charge in [-0.15, -0.1) is 0 Å². The Morgan fingerprint density at radius 2 is 1.79 bits per heavy atom. The summed E-state index contributed by atoms with van der Waals surface area (Å²) in [4.78, 5) is 38.3. The lowest BCUT2D eigenvalue weighted by atomic mass is 10.2. The molecule has 0 unspecified atom stereocenters. The fraction of sp³-hybridized carbons (Fsp3) is 0.286. The predicted octanol–water partition coefficient (Wildman–Crippen LogP) is 2.41. The summed E-state index contributed by atoms with van der Waals surface area (Å²) in [6, 6.07) is 15.7. The summed E-state index contributed by atoms with van der Waals surface area (Å²) in [6.45, 7) is 3.45. The van der Waals surface area contributed by atoms with Crippen molar-refractivity contribution in [1.29, 1.82) is 0 Å². The normalized spacial score (nSPS) is 11.2. The molecular formula is C21H24N2O5. The summed E-state index contributed by atoms with van der Waals surface area (Å²) in [7, 11) is 1.50. The van der Waals surface area contributed by atoms with Gasteiger partial charge in [-0.1, -0.05) is 24.3 Å². The summed E-state index contributed by atoms with van der Waals surface area (Å²) >= 11 is 0. The molecule has 2 amide bonds. The third kappa shape index (κ3) is 5.57. The van der Waals surface area contributed by atoms with Crippen molar-refractivity contribution in [1.82, 2.24) is 5.32 Å². The lowest BCUT2D eigenvalue weighted by molar-refractivity contribution is -0.152. The fourth-order valence-electron chi connectivity index (χ4n) is 2.60. The van der Waals surface area contributed by atoms with E-state index >= 15 is 0 Å². The summed E-state index contributed by atoms with van der Waals surface area (Å²) in [5.41, 5.74) is 1.08. The first kappa shape index (κ1) is 21.0. The molecule has 0 aliphatic heterocycles. The van der Waals surface area contributed by atoms with Gasteiger partial charge in [0.15, 0.2) is 6.10 Å². The minimum Gasteiger partial charge on any atom is -0.497 e. The number of amides is 2. The van der Waals surface area contributed by atoms with Crippen LogP contribution in [-0.4, -0.2) is 44.1 Å². The van der Waals surface area contributed by atoms with E-state index in [1.807, 2.05) is 37.3 Å². The van der Waals surface area contributed by atoms with Crippen LogP contribution in [0.3, 0.4) is 0 Å². The zero-order chi connectivity index (χ0) is 20.5. The number of nitrogens with one attached hydrogen (secondary N) is 1. The molecule has 7 heteroatoms. The number of hydrogen-bond donors (Lipinski definition) is 1. The highest BCUT2D eigenvalue weighted by Crippen LogP contribution is 2.15. The van der Waals surface area contributed by atoms with E-state index in [0.29, 0.717) is 17.9 Å². The number of nitrogens with zero attached hydrogens (tertiary/aromatic N) is 1. The largest absolute Gasteiger partial charge is 0.497 e. The van der Waals surface area contributed by atoms with Crippen LogP contribution in [0.1, 0.15) is 24.2 Å². The maximum absolute atomic E-state index is 12.6. The first-order valence-electron chi connectivity index (χ1n) is 8.94. The quantitative estimate of drug-likeness (QED) is 0.707. The van der Waals surface area contributed by atoms with Crippen molar-refractivity contribution in [2.24, 2.45) is 0 Å². The number of rotatable bonds is 8. The van der Waals surface area contributed by atoms with Crippen molar-refractivity contribution in [3.05, 3.63) is 60.2 Å². The molecule has 1 N–H and O–H groups in total. The molecule has 0 saturated carbocycles. The van der Waals surface area contributed by atoms with Gasteiger partial charge >= 0.3 is 5.97 Å². The number of methoxy groups -OCH3 is 1. The molecule has 148 valence electrons. The van der Waals surface area contributed by atoms with E-state index in [1.54, 1.807) is 24.3 Å². The van der Waals surface area contributed by atoms with E-state index in [-0.39, 0.29) is 12.5 Å². The molecule has 2 aromatic rings. The minimum atomic E-state index is -0.971. The zero-order valence-electron chi connectivity index (χ0n) is 16.2. The number of hydrogen-bond acceptors (Lipinski definition) is 5. The van der Waals surface area contributed by atoms with E-state index < -0.39 is 18.0 Å². The summed E-state index contributed by atoms with van der Waals surface area (Å²) < 4.78 is 10.2. The van der Waals surface area contributed by atoms with E-state index in [9.17, 15) is 14.4 Å². The van der Waals surface area contributed by atoms with Crippen molar-refractivity contribution in [2.75, 3.05) is 25.1 Å². The van der Waals surface area contributed by atoms with Crippen LogP contribution < -0.4 is 15.0 Å². The Bertz CT molecular complexity index is 823. The van der Waals surface area contributed by atoms with E-state index in [0.717, 1.165) is 5.69 Å². The SMILES string of the molecule is CCN(C(=O)[C@H](C)OC(=O)CNC(=O)c1cccc(OC)c1)c1ccccc1. The van der Waals surface area contributed by atoms with Gasteiger partial charge in [-0.2, -0.15) is 0 Å². The van der Waals surface area contributed by atoms with Gasteiger partial charge in [0, 0.05) is 17.8 Å². The van der Waals surface area contributed by atoms with Crippen LogP contribution in [0.5, 0.6) is 5.75 Å². The molecule has 2 aromatic carbocycles. The molecule has 0 saturated heterocycles. The Morgan fingerprint density at radius 1 is 1.07 bits per heavy atom. The van der Waals surface area contributed by atoms with Gasteiger partial charge < -0.3 is 19.7 Å². The standard InChI is InChI=1S/C21H24N2O5/c1-4-23(17-10-6-5-7-11-17)21(26)15(2)28-19(24)14-22-20(25)16-9-8-12-18(13-16)27-3/h5-13,15H,4,14H2,1-3H3,(H,22,25)/t15-/m0/s1. The number of benzene rings is 2. The molecule has 0 radical (unpaired) electrons. The smallest absolute Gasteiger partial charge is 0.326 e. The molecule has 1 atom stereocenters. The molecule has 0 aromatic heterocycles. The van der Waals surface area contributed by atoms with Crippen LogP contribution in [0, 0.1) is 0 Å². The van der Waals surface area contributed by atoms with Gasteiger partial charge in [0.25, 0.3) is 11.8 Å². The van der Waals surface area contributed by atoms with Crippen LogP contribution in [0.25, 0.3) is 0 Å². The maximum Gasteiger partial charge on any atom is 0.326 e. The monoisotopic (exact) mass is 384 g/mol.